The number of phenols is 1. The molecule has 1 N–H and O–H groups in total. The van der Waals surface area contributed by atoms with Gasteiger partial charge in [0.2, 0.25) is 6.08 Å². The Labute approximate surface area is 107 Å². The molecule has 1 aromatic carbocycles. The van der Waals surface area contributed by atoms with Gasteiger partial charge in [-0.3, -0.25) is 0 Å². The van der Waals surface area contributed by atoms with Crippen LogP contribution >= 0.6 is 0 Å². The molecule has 0 bridgehead atoms. The lowest BCUT2D eigenvalue weighted by molar-refractivity contribution is 0.253. The summed E-state index contributed by atoms with van der Waals surface area (Å²) in [5.74, 6) is 0.401. The van der Waals surface area contributed by atoms with E-state index in [0.29, 0.717) is 5.75 Å². The molecule has 1 fully saturated rings. The molecule has 0 saturated heterocycles. The van der Waals surface area contributed by atoms with Crippen molar-refractivity contribution in [3.63, 3.8) is 0 Å². The van der Waals surface area contributed by atoms with Gasteiger partial charge in [-0.15, -0.1) is 0 Å². The molecule has 3 heteroatoms. The predicted molar refractivity (Wildman–Crippen MR) is 68.4 cm³/mol. The maximum atomic E-state index is 10.7. The van der Waals surface area contributed by atoms with Gasteiger partial charge in [0.1, 0.15) is 5.75 Å². The lowest BCUT2D eigenvalue weighted by atomic mass is 9.69. The Kier molecular flexibility index (Phi) is 2.71. The van der Waals surface area contributed by atoms with Crippen LogP contribution in [0.15, 0.2) is 17.1 Å². The average molecular weight is 243 g/mol. The summed E-state index contributed by atoms with van der Waals surface area (Å²) < 4.78 is 0. The van der Waals surface area contributed by atoms with Gasteiger partial charge in [-0.1, -0.05) is 6.07 Å². The van der Waals surface area contributed by atoms with Crippen molar-refractivity contribution < 1.29 is 9.90 Å². The van der Waals surface area contributed by atoms with Crippen molar-refractivity contribution in [3.8, 4) is 5.75 Å². The van der Waals surface area contributed by atoms with Gasteiger partial charge >= 0.3 is 0 Å². The number of carbonyl (C=O) groups excluding carboxylic acids is 1. The molecular formula is C15H17NO2. The topological polar surface area (TPSA) is 49.7 Å². The van der Waals surface area contributed by atoms with Gasteiger partial charge in [0.05, 0.1) is 5.54 Å². The number of fused-ring (bicyclic) bond motifs is 1. The van der Waals surface area contributed by atoms with Crippen LogP contribution in [0.3, 0.4) is 0 Å². The number of isocyanates is 1. The molecule has 0 atom stereocenters. The van der Waals surface area contributed by atoms with Crippen LogP contribution in [0.4, 0.5) is 0 Å². The third kappa shape index (κ3) is 1.58. The van der Waals surface area contributed by atoms with E-state index in [2.05, 4.69) is 4.99 Å². The molecule has 2 aliphatic rings. The number of aliphatic imine (C=N–C) groups is 1. The second kappa shape index (κ2) is 4.25. The second-order valence-electron chi connectivity index (χ2n) is 5.38. The van der Waals surface area contributed by atoms with E-state index in [0.717, 1.165) is 56.1 Å². The smallest absolute Gasteiger partial charge is 0.235 e. The monoisotopic (exact) mass is 243 g/mol. The number of aromatic hydroxyl groups is 1. The van der Waals surface area contributed by atoms with Crippen molar-refractivity contribution in [1.82, 2.24) is 0 Å². The van der Waals surface area contributed by atoms with Crippen LogP contribution < -0.4 is 0 Å². The predicted octanol–water partition coefficient (Wildman–Crippen LogP) is 2.99. The Morgan fingerprint density at radius 2 is 1.83 bits per heavy atom. The lowest BCUT2D eigenvalue weighted by Gasteiger charge is -2.39. The van der Waals surface area contributed by atoms with Crippen molar-refractivity contribution in [3.05, 3.63) is 28.8 Å². The van der Waals surface area contributed by atoms with Gasteiger partial charge in [0.25, 0.3) is 0 Å². The molecule has 18 heavy (non-hydrogen) atoms. The molecule has 3 nitrogen and oxygen atoms in total. The van der Waals surface area contributed by atoms with Crippen LogP contribution in [0.25, 0.3) is 0 Å². The van der Waals surface area contributed by atoms with Crippen LogP contribution in [0.2, 0.25) is 0 Å². The van der Waals surface area contributed by atoms with Crippen molar-refractivity contribution in [2.24, 2.45) is 4.99 Å². The minimum absolute atomic E-state index is 0.336. The van der Waals surface area contributed by atoms with E-state index in [1.165, 1.54) is 5.56 Å². The maximum Gasteiger partial charge on any atom is 0.235 e. The number of hydrogen-bond acceptors (Lipinski definition) is 3. The Morgan fingerprint density at radius 3 is 2.44 bits per heavy atom. The molecule has 0 radical (unpaired) electrons. The summed E-state index contributed by atoms with van der Waals surface area (Å²) in [6.45, 7) is 0. The number of phenolic OH excluding ortho intramolecular Hbond substituents is 1. The van der Waals surface area contributed by atoms with E-state index in [1.807, 2.05) is 6.07 Å². The molecule has 94 valence electrons. The molecule has 1 aromatic rings. The molecular weight excluding hydrogens is 226 g/mol. The largest absolute Gasteiger partial charge is 0.508 e. The molecule has 0 unspecified atom stereocenters. The maximum absolute atomic E-state index is 10.7. The number of rotatable bonds is 2. The highest BCUT2D eigenvalue weighted by molar-refractivity contribution is 5.50. The quantitative estimate of drug-likeness (QED) is 0.641. The molecule has 0 amide bonds. The van der Waals surface area contributed by atoms with E-state index in [-0.39, 0.29) is 5.54 Å². The van der Waals surface area contributed by atoms with Crippen LogP contribution in [0.1, 0.15) is 48.8 Å². The average Bonchev–Trinajstić information content (AvgIpc) is 2.35. The van der Waals surface area contributed by atoms with E-state index in [4.69, 9.17) is 0 Å². The van der Waals surface area contributed by atoms with Crippen molar-refractivity contribution in [1.29, 1.82) is 0 Å². The second-order valence-corrected chi connectivity index (χ2v) is 5.38. The fourth-order valence-corrected chi connectivity index (χ4v) is 3.33. The van der Waals surface area contributed by atoms with Crippen LogP contribution in [0, 0.1) is 0 Å². The highest BCUT2D eigenvalue weighted by Gasteiger charge is 2.41. The zero-order valence-electron chi connectivity index (χ0n) is 10.4. The standard InChI is InChI=1S/C15H17NO2/c17-10-16-15(8-3-9-15)13-6-7-14(18)12-5-2-1-4-11(12)13/h6-7,18H,1-5,8-9H2. The first-order valence-corrected chi connectivity index (χ1v) is 6.70. The molecule has 0 aromatic heterocycles. The fraction of sp³-hybridized carbons (Fsp3) is 0.533. The van der Waals surface area contributed by atoms with Gasteiger partial charge in [0, 0.05) is 0 Å². The Hall–Kier alpha value is -1.60. The van der Waals surface area contributed by atoms with Gasteiger partial charge in [-0.2, -0.15) is 4.99 Å². The summed E-state index contributed by atoms with van der Waals surface area (Å²) in [4.78, 5) is 14.8. The van der Waals surface area contributed by atoms with Crippen molar-refractivity contribution in [2.45, 2.75) is 50.5 Å². The van der Waals surface area contributed by atoms with Gasteiger partial charge < -0.3 is 5.11 Å². The summed E-state index contributed by atoms with van der Waals surface area (Å²) in [6, 6.07) is 3.72. The summed E-state index contributed by atoms with van der Waals surface area (Å²) in [5.41, 5.74) is 3.13. The first kappa shape index (κ1) is 11.5. The van der Waals surface area contributed by atoms with E-state index in [1.54, 1.807) is 12.1 Å². The molecule has 3 rings (SSSR count). The molecule has 0 heterocycles. The van der Waals surface area contributed by atoms with E-state index < -0.39 is 0 Å². The summed E-state index contributed by atoms with van der Waals surface area (Å²) in [6.07, 6.45) is 8.94. The van der Waals surface area contributed by atoms with Crippen LogP contribution in [-0.2, 0) is 23.2 Å². The molecule has 0 aliphatic heterocycles. The minimum atomic E-state index is -0.336. The van der Waals surface area contributed by atoms with E-state index >= 15 is 0 Å². The normalized spacial score (nSPS) is 20.4. The Balaban J connectivity index is 2.15. The van der Waals surface area contributed by atoms with Crippen molar-refractivity contribution in [2.75, 3.05) is 0 Å². The van der Waals surface area contributed by atoms with Gasteiger partial charge in [-0.05, 0) is 67.7 Å². The Bertz CT molecular complexity index is 526. The van der Waals surface area contributed by atoms with E-state index in [9.17, 15) is 9.90 Å². The summed E-state index contributed by atoms with van der Waals surface area (Å²) in [5, 5.41) is 9.96. The highest BCUT2D eigenvalue weighted by atomic mass is 16.3. The minimum Gasteiger partial charge on any atom is -0.508 e. The van der Waals surface area contributed by atoms with Crippen LogP contribution in [0.5, 0.6) is 5.75 Å². The molecule has 0 spiro atoms. The first-order chi connectivity index (χ1) is 8.77. The zero-order valence-corrected chi connectivity index (χ0v) is 10.4. The summed E-state index contributed by atoms with van der Waals surface area (Å²) >= 11 is 0. The van der Waals surface area contributed by atoms with Crippen molar-refractivity contribution >= 4 is 6.08 Å². The highest BCUT2D eigenvalue weighted by Crippen LogP contribution is 2.48. The number of benzene rings is 1. The Morgan fingerprint density at radius 1 is 1.11 bits per heavy atom. The lowest BCUT2D eigenvalue weighted by Crippen LogP contribution is -2.33. The summed E-state index contributed by atoms with van der Waals surface area (Å²) in [7, 11) is 0. The third-order valence-corrected chi connectivity index (χ3v) is 4.45. The number of hydrogen-bond donors (Lipinski definition) is 1. The van der Waals surface area contributed by atoms with Gasteiger partial charge in [-0.25, -0.2) is 4.79 Å². The molecule has 2 aliphatic carbocycles. The van der Waals surface area contributed by atoms with Gasteiger partial charge in [0.15, 0.2) is 0 Å². The fourth-order valence-electron chi connectivity index (χ4n) is 3.33. The number of nitrogens with zero attached hydrogens (tertiary/aromatic N) is 1. The van der Waals surface area contributed by atoms with Crippen LogP contribution in [-0.4, -0.2) is 11.2 Å². The first-order valence-electron chi connectivity index (χ1n) is 6.70. The SMILES string of the molecule is O=C=NC1(c2ccc(O)c3c2CCCC3)CCC1. The third-order valence-electron chi connectivity index (χ3n) is 4.45. The zero-order chi connectivity index (χ0) is 12.6. The molecule has 1 saturated carbocycles.